The summed E-state index contributed by atoms with van der Waals surface area (Å²) in [5, 5.41) is 2.69. The van der Waals surface area contributed by atoms with Gasteiger partial charge in [0.25, 0.3) is 5.91 Å². The third kappa shape index (κ3) is 4.28. The Kier molecular flexibility index (Phi) is 5.50. The van der Waals surface area contributed by atoms with Crippen molar-refractivity contribution in [3.8, 4) is 11.5 Å². The van der Waals surface area contributed by atoms with Crippen molar-refractivity contribution in [3.63, 3.8) is 0 Å². The third-order valence-electron chi connectivity index (χ3n) is 4.00. The molecule has 1 fully saturated rings. The lowest BCUT2D eigenvalue weighted by atomic mass is 10.2. The first-order chi connectivity index (χ1) is 12.2. The Morgan fingerprint density at radius 3 is 2.88 bits per heavy atom. The number of anilines is 1. The molecule has 0 radical (unpaired) electrons. The number of hydrogen-bond donors (Lipinski definition) is 1. The van der Waals surface area contributed by atoms with Crippen LogP contribution in [-0.2, 0) is 4.74 Å². The van der Waals surface area contributed by atoms with Gasteiger partial charge in [0, 0.05) is 12.7 Å². The highest BCUT2D eigenvalue weighted by Gasteiger charge is 2.18. The Bertz CT molecular complexity index is 744. The van der Waals surface area contributed by atoms with Crippen LogP contribution in [0.5, 0.6) is 11.5 Å². The molecule has 1 saturated heterocycles. The second kappa shape index (κ2) is 7.98. The van der Waals surface area contributed by atoms with Crippen molar-refractivity contribution in [2.45, 2.75) is 18.9 Å². The van der Waals surface area contributed by atoms with Crippen LogP contribution >= 0.6 is 0 Å². The lowest BCUT2D eigenvalue weighted by Crippen LogP contribution is -2.18. The third-order valence-corrected chi connectivity index (χ3v) is 4.00. The molecular formula is C19H20FNO4. The lowest BCUT2D eigenvalue weighted by molar-refractivity contribution is 0.0682. The minimum Gasteiger partial charge on any atom is -0.497 e. The monoisotopic (exact) mass is 345 g/mol. The number of amides is 1. The number of methoxy groups -OCH3 is 1. The SMILES string of the molecule is COc1ccc(C(=O)Nc2ccccc2OCC2CCCO2)c(F)c1. The van der Waals surface area contributed by atoms with Gasteiger partial charge in [-0.15, -0.1) is 0 Å². The Hall–Kier alpha value is -2.60. The summed E-state index contributed by atoms with van der Waals surface area (Å²) in [5.41, 5.74) is 0.426. The van der Waals surface area contributed by atoms with Crippen molar-refractivity contribution in [2.75, 3.05) is 25.6 Å². The molecule has 0 saturated carbocycles. The smallest absolute Gasteiger partial charge is 0.258 e. The molecule has 1 unspecified atom stereocenters. The molecule has 2 aromatic carbocycles. The summed E-state index contributed by atoms with van der Waals surface area (Å²) in [6, 6.07) is 11.2. The number of carbonyl (C=O) groups excluding carboxylic acids is 1. The van der Waals surface area contributed by atoms with Gasteiger partial charge < -0.3 is 19.5 Å². The van der Waals surface area contributed by atoms with Gasteiger partial charge in [0.1, 0.15) is 23.9 Å². The van der Waals surface area contributed by atoms with Crippen molar-refractivity contribution in [1.82, 2.24) is 0 Å². The van der Waals surface area contributed by atoms with Gasteiger partial charge in [0.2, 0.25) is 0 Å². The fraction of sp³-hybridized carbons (Fsp3) is 0.316. The number of carbonyl (C=O) groups is 1. The summed E-state index contributed by atoms with van der Waals surface area (Å²) < 4.78 is 30.3. The van der Waals surface area contributed by atoms with Crippen LogP contribution in [0.2, 0.25) is 0 Å². The number of benzene rings is 2. The first-order valence-corrected chi connectivity index (χ1v) is 8.15. The number of para-hydroxylation sites is 2. The van der Waals surface area contributed by atoms with E-state index in [-0.39, 0.29) is 11.7 Å². The van der Waals surface area contributed by atoms with E-state index < -0.39 is 11.7 Å². The Labute approximate surface area is 145 Å². The normalized spacial score (nSPS) is 16.5. The highest BCUT2D eigenvalue weighted by atomic mass is 19.1. The van der Waals surface area contributed by atoms with E-state index >= 15 is 0 Å². The van der Waals surface area contributed by atoms with E-state index in [1.165, 1.54) is 25.3 Å². The van der Waals surface area contributed by atoms with Crippen LogP contribution in [0.3, 0.4) is 0 Å². The van der Waals surface area contributed by atoms with Gasteiger partial charge in [-0.1, -0.05) is 12.1 Å². The maximum absolute atomic E-state index is 14.1. The summed E-state index contributed by atoms with van der Waals surface area (Å²) in [7, 11) is 1.44. The van der Waals surface area contributed by atoms with E-state index in [2.05, 4.69) is 5.32 Å². The Morgan fingerprint density at radius 1 is 1.32 bits per heavy atom. The average molecular weight is 345 g/mol. The zero-order valence-electron chi connectivity index (χ0n) is 14.0. The van der Waals surface area contributed by atoms with E-state index in [0.717, 1.165) is 19.4 Å². The molecular weight excluding hydrogens is 325 g/mol. The van der Waals surface area contributed by atoms with Crippen molar-refractivity contribution in [2.24, 2.45) is 0 Å². The first kappa shape index (κ1) is 17.2. The number of rotatable bonds is 6. The van der Waals surface area contributed by atoms with Gasteiger partial charge >= 0.3 is 0 Å². The largest absolute Gasteiger partial charge is 0.497 e. The van der Waals surface area contributed by atoms with Crippen LogP contribution in [0.15, 0.2) is 42.5 Å². The summed E-state index contributed by atoms with van der Waals surface area (Å²) in [6.07, 6.45) is 2.07. The highest BCUT2D eigenvalue weighted by Crippen LogP contribution is 2.26. The van der Waals surface area contributed by atoms with E-state index in [1.807, 2.05) is 6.07 Å². The molecule has 1 aliphatic rings. The molecule has 1 amide bonds. The molecule has 1 atom stereocenters. The number of hydrogen-bond acceptors (Lipinski definition) is 4. The summed E-state index contributed by atoms with van der Waals surface area (Å²) in [4.78, 5) is 12.4. The van der Waals surface area contributed by atoms with Crippen LogP contribution < -0.4 is 14.8 Å². The summed E-state index contributed by atoms with van der Waals surface area (Å²) >= 11 is 0. The molecule has 2 aromatic rings. The average Bonchev–Trinajstić information content (AvgIpc) is 3.14. The minimum atomic E-state index is -0.644. The van der Waals surface area contributed by atoms with Crippen LogP contribution in [0.25, 0.3) is 0 Å². The van der Waals surface area contributed by atoms with E-state index in [0.29, 0.717) is 23.8 Å². The molecule has 0 bridgehead atoms. The fourth-order valence-corrected chi connectivity index (χ4v) is 2.65. The first-order valence-electron chi connectivity index (χ1n) is 8.15. The van der Waals surface area contributed by atoms with Gasteiger partial charge in [0.05, 0.1) is 24.5 Å². The van der Waals surface area contributed by atoms with Crippen LogP contribution in [0.1, 0.15) is 23.2 Å². The second-order valence-corrected chi connectivity index (χ2v) is 5.74. The van der Waals surface area contributed by atoms with Crippen LogP contribution in [0.4, 0.5) is 10.1 Å². The lowest BCUT2D eigenvalue weighted by Gasteiger charge is -2.15. The number of ether oxygens (including phenoxy) is 3. The van der Waals surface area contributed by atoms with Gasteiger partial charge in [-0.2, -0.15) is 0 Å². The van der Waals surface area contributed by atoms with Crippen molar-refractivity contribution in [1.29, 1.82) is 0 Å². The van der Waals surface area contributed by atoms with E-state index in [4.69, 9.17) is 14.2 Å². The minimum absolute atomic E-state index is 0.0604. The molecule has 25 heavy (non-hydrogen) atoms. The predicted octanol–water partition coefficient (Wildman–Crippen LogP) is 3.64. The highest BCUT2D eigenvalue weighted by molar-refractivity contribution is 6.05. The Morgan fingerprint density at radius 2 is 2.16 bits per heavy atom. The number of halogens is 1. The zero-order chi connectivity index (χ0) is 17.6. The fourth-order valence-electron chi connectivity index (χ4n) is 2.65. The molecule has 1 aliphatic heterocycles. The molecule has 0 aromatic heterocycles. The molecule has 5 nitrogen and oxygen atoms in total. The van der Waals surface area contributed by atoms with Crippen molar-refractivity contribution >= 4 is 11.6 Å². The van der Waals surface area contributed by atoms with Gasteiger partial charge in [0.15, 0.2) is 0 Å². The topological polar surface area (TPSA) is 56.8 Å². The quantitative estimate of drug-likeness (QED) is 0.868. The van der Waals surface area contributed by atoms with Crippen LogP contribution in [0, 0.1) is 5.82 Å². The van der Waals surface area contributed by atoms with E-state index in [9.17, 15) is 9.18 Å². The van der Waals surface area contributed by atoms with E-state index in [1.54, 1.807) is 18.2 Å². The van der Waals surface area contributed by atoms with Crippen LogP contribution in [-0.4, -0.2) is 32.3 Å². The zero-order valence-corrected chi connectivity index (χ0v) is 14.0. The molecule has 0 aliphatic carbocycles. The standard InChI is InChI=1S/C19H20FNO4/c1-23-13-8-9-15(16(20)11-13)19(22)21-17-6-2-3-7-18(17)25-12-14-5-4-10-24-14/h2-3,6-9,11,14H,4-5,10,12H2,1H3,(H,21,22). The second-order valence-electron chi connectivity index (χ2n) is 5.74. The Balaban J connectivity index is 1.70. The van der Waals surface area contributed by atoms with Gasteiger partial charge in [-0.25, -0.2) is 4.39 Å². The predicted molar refractivity (Wildman–Crippen MR) is 91.8 cm³/mol. The molecule has 1 N–H and O–H groups in total. The van der Waals surface area contributed by atoms with Crippen molar-refractivity contribution < 1.29 is 23.4 Å². The number of nitrogens with one attached hydrogen (secondary N) is 1. The molecule has 3 rings (SSSR count). The maximum atomic E-state index is 14.1. The maximum Gasteiger partial charge on any atom is 0.258 e. The molecule has 0 spiro atoms. The van der Waals surface area contributed by atoms with Gasteiger partial charge in [-0.05, 0) is 37.1 Å². The summed E-state index contributed by atoms with van der Waals surface area (Å²) in [6.45, 7) is 1.17. The molecule has 6 heteroatoms. The molecule has 1 heterocycles. The van der Waals surface area contributed by atoms with Gasteiger partial charge in [-0.3, -0.25) is 4.79 Å². The molecule has 132 valence electrons. The summed E-state index contributed by atoms with van der Waals surface area (Å²) in [5.74, 6) is -0.308. The van der Waals surface area contributed by atoms with Crippen molar-refractivity contribution in [3.05, 3.63) is 53.8 Å².